The van der Waals surface area contributed by atoms with Gasteiger partial charge in [0.25, 0.3) is 5.91 Å². The molecule has 0 saturated heterocycles. The van der Waals surface area contributed by atoms with Gasteiger partial charge in [0.1, 0.15) is 6.61 Å². The molecule has 0 fully saturated rings. The van der Waals surface area contributed by atoms with Crippen LogP contribution in [0.1, 0.15) is 11.1 Å². The fourth-order valence-electron chi connectivity index (χ4n) is 1.12. The van der Waals surface area contributed by atoms with E-state index < -0.39 is 0 Å². The van der Waals surface area contributed by atoms with Crippen LogP contribution < -0.4 is 5.84 Å². The van der Waals surface area contributed by atoms with E-state index in [0.29, 0.717) is 6.61 Å². The van der Waals surface area contributed by atoms with E-state index >= 15 is 0 Å². The highest BCUT2D eigenvalue weighted by atomic mass is 16.5. The van der Waals surface area contributed by atoms with Crippen molar-refractivity contribution in [2.75, 3.05) is 13.7 Å². The third-order valence-corrected chi connectivity index (χ3v) is 2.14. The number of ether oxygens (including phenoxy) is 1. The van der Waals surface area contributed by atoms with E-state index in [9.17, 15) is 4.79 Å². The van der Waals surface area contributed by atoms with Crippen molar-refractivity contribution >= 4 is 5.91 Å². The van der Waals surface area contributed by atoms with Gasteiger partial charge in [0, 0.05) is 7.05 Å². The Morgan fingerprint density at radius 2 is 2.13 bits per heavy atom. The first-order chi connectivity index (χ1) is 7.11. The van der Waals surface area contributed by atoms with E-state index in [1.807, 2.05) is 31.2 Å². The third-order valence-electron chi connectivity index (χ3n) is 2.14. The lowest BCUT2D eigenvalue weighted by Gasteiger charge is -2.10. The Hall–Kier alpha value is -1.39. The van der Waals surface area contributed by atoms with E-state index in [1.54, 1.807) is 0 Å². The lowest BCUT2D eigenvalue weighted by atomic mass is 10.1. The molecule has 0 aliphatic carbocycles. The Morgan fingerprint density at radius 3 is 2.73 bits per heavy atom. The summed E-state index contributed by atoms with van der Waals surface area (Å²) in [5.74, 6) is 5.02. The van der Waals surface area contributed by atoms with Gasteiger partial charge in [0.2, 0.25) is 0 Å². The van der Waals surface area contributed by atoms with Gasteiger partial charge in [-0.05, 0) is 18.1 Å². The molecular formula is C11H16N2O2. The van der Waals surface area contributed by atoms with Crippen LogP contribution >= 0.6 is 0 Å². The maximum atomic E-state index is 11.1. The smallest absolute Gasteiger partial charge is 0.262 e. The molecular weight excluding hydrogens is 192 g/mol. The van der Waals surface area contributed by atoms with E-state index in [4.69, 9.17) is 10.6 Å². The zero-order chi connectivity index (χ0) is 11.3. The second kappa shape index (κ2) is 5.48. The molecule has 0 atom stereocenters. The molecule has 0 heterocycles. The predicted molar refractivity (Wildman–Crippen MR) is 57.8 cm³/mol. The summed E-state index contributed by atoms with van der Waals surface area (Å²) in [5.41, 5.74) is 2.25. The minimum atomic E-state index is -0.233. The molecule has 1 rings (SSSR count). The lowest BCUT2D eigenvalue weighted by Crippen LogP contribution is -2.35. The summed E-state index contributed by atoms with van der Waals surface area (Å²) >= 11 is 0. The summed E-state index contributed by atoms with van der Waals surface area (Å²) in [6.07, 6.45) is 0. The molecule has 82 valence electrons. The van der Waals surface area contributed by atoms with Crippen molar-refractivity contribution in [2.24, 2.45) is 5.84 Å². The zero-order valence-electron chi connectivity index (χ0n) is 9.06. The number of benzene rings is 1. The van der Waals surface area contributed by atoms with Crippen molar-refractivity contribution in [3.05, 3.63) is 35.4 Å². The van der Waals surface area contributed by atoms with E-state index in [2.05, 4.69) is 0 Å². The van der Waals surface area contributed by atoms with Gasteiger partial charge in [-0.1, -0.05) is 24.3 Å². The molecule has 0 aliphatic rings. The van der Waals surface area contributed by atoms with Gasteiger partial charge < -0.3 is 4.74 Å². The van der Waals surface area contributed by atoms with Crippen molar-refractivity contribution in [1.82, 2.24) is 5.01 Å². The fourth-order valence-corrected chi connectivity index (χ4v) is 1.12. The summed E-state index contributed by atoms with van der Waals surface area (Å²) in [6.45, 7) is 2.46. The Labute approximate surface area is 89.6 Å². The average Bonchev–Trinajstić information content (AvgIpc) is 2.20. The molecule has 0 saturated carbocycles. The number of nitrogens with two attached hydrogens (primary N) is 1. The van der Waals surface area contributed by atoms with Crippen LogP contribution in [0.4, 0.5) is 0 Å². The lowest BCUT2D eigenvalue weighted by molar-refractivity contribution is -0.135. The van der Waals surface area contributed by atoms with Crippen LogP contribution in [-0.4, -0.2) is 24.6 Å². The van der Waals surface area contributed by atoms with Gasteiger partial charge in [0.05, 0.1) is 6.61 Å². The highest BCUT2D eigenvalue weighted by Gasteiger charge is 2.04. The molecule has 1 aromatic carbocycles. The van der Waals surface area contributed by atoms with Gasteiger partial charge in [-0.2, -0.15) is 0 Å². The normalized spacial score (nSPS) is 10.1. The first-order valence-corrected chi connectivity index (χ1v) is 4.74. The first kappa shape index (κ1) is 11.7. The topological polar surface area (TPSA) is 55.6 Å². The minimum Gasteiger partial charge on any atom is -0.367 e. The van der Waals surface area contributed by atoms with Gasteiger partial charge in [0.15, 0.2) is 0 Å². The van der Waals surface area contributed by atoms with Crippen molar-refractivity contribution in [2.45, 2.75) is 13.5 Å². The van der Waals surface area contributed by atoms with Crippen molar-refractivity contribution in [3.8, 4) is 0 Å². The van der Waals surface area contributed by atoms with Gasteiger partial charge >= 0.3 is 0 Å². The number of aryl methyl sites for hydroxylation is 1. The summed E-state index contributed by atoms with van der Waals surface area (Å²) < 4.78 is 5.25. The van der Waals surface area contributed by atoms with E-state index in [-0.39, 0.29) is 12.5 Å². The number of hydrogen-bond acceptors (Lipinski definition) is 3. The van der Waals surface area contributed by atoms with Crippen LogP contribution in [0.3, 0.4) is 0 Å². The highest BCUT2D eigenvalue weighted by Crippen LogP contribution is 2.07. The highest BCUT2D eigenvalue weighted by molar-refractivity contribution is 5.76. The van der Waals surface area contributed by atoms with Crippen LogP contribution in [0.5, 0.6) is 0 Å². The maximum absolute atomic E-state index is 11.1. The summed E-state index contributed by atoms with van der Waals surface area (Å²) in [5, 5.41) is 1.03. The molecule has 1 amide bonds. The Balaban J connectivity index is 2.38. The van der Waals surface area contributed by atoms with Crippen LogP contribution in [0.25, 0.3) is 0 Å². The Bertz CT molecular complexity index is 337. The number of rotatable bonds is 4. The van der Waals surface area contributed by atoms with Gasteiger partial charge in [-0.25, -0.2) is 5.84 Å². The summed E-state index contributed by atoms with van der Waals surface area (Å²) in [4.78, 5) is 11.1. The van der Waals surface area contributed by atoms with E-state index in [1.165, 1.54) is 7.05 Å². The van der Waals surface area contributed by atoms with Crippen molar-refractivity contribution in [1.29, 1.82) is 0 Å². The van der Waals surface area contributed by atoms with Crippen LogP contribution in [0, 0.1) is 6.92 Å². The number of carbonyl (C=O) groups excluding carboxylic acids is 1. The monoisotopic (exact) mass is 208 g/mol. The zero-order valence-corrected chi connectivity index (χ0v) is 9.06. The molecule has 0 aliphatic heterocycles. The van der Waals surface area contributed by atoms with Crippen LogP contribution in [0.2, 0.25) is 0 Å². The quantitative estimate of drug-likeness (QED) is 0.453. The Morgan fingerprint density at radius 1 is 1.47 bits per heavy atom. The molecule has 4 heteroatoms. The molecule has 1 aromatic rings. The molecule has 15 heavy (non-hydrogen) atoms. The third kappa shape index (κ3) is 3.69. The van der Waals surface area contributed by atoms with Crippen molar-refractivity contribution in [3.63, 3.8) is 0 Å². The molecule has 4 nitrogen and oxygen atoms in total. The van der Waals surface area contributed by atoms with E-state index in [0.717, 1.165) is 16.1 Å². The number of amides is 1. The molecule has 0 spiro atoms. The number of hydrogen-bond donors (Lipinski definition) is 1. The predicted octanol–water partition coefficient (Wildman–Crippen LogP) is 0.844. The second-order valence-corrected chi connectivity index (χ2v) is 3.42. The summed E-state index contributed by atoms with van der Waals surface area (Å²) in [7, 11) is 1.50. The number of nitrogens with zero attached hydrogens (tertiary/aromatic N) is 1. The molecule has 0 bridgehead atoms. The van der Waals surface area contributed by atoms with Gasteiger partial charge in [-0.3, -0.25) is 9.80 Å². The van der Waals surface area contributed by atoms with Crippen molar-refractivity contribution < 1.29 is 9.53 Å². The number of likely N-dealkylation sites (N-methyl/N-ethyl adjacent to an activating group) is 1. The largest absolute Gasteiger partial charge is 0.367 e. The SMILES string of the molecule is Cc1ccccc1COCC(=O)N(C)N. The van der Waals surface area contributed by atoms with Crippen LogP contribution in [-0.2, 0) is 16.1 Å². The standard InChI is InChI=1S/C11H16N2O2/c1-9-5-3-4-6-10(9)7-15-8-11(14)13(2)12/h3-6H,7-8,12H2,1-2H3. The molecule has 0 aromatic heterocycles. The molecule has 0 radical (unpaired) electrons. The summed E-state index contributed by atoms with van der Waals surface area (Å²) in [6, 6.07) is 7.90. The molecule has 0 unspecified atom stereocenters. The average molecular weight is 208 g/mol. The fraction of sp³-hybridized carbons (Fsp3) is 0.364. The second-order valence-electron chi connectivity index (χ2n) is 3.42. The van der Waals surface area contributed by atoms with Crippen LogP contribution in [0.15, 0.2) is 24.3 Å². The van der Waals surface area contributed by atoms with Gasteiger partial charge in [-0.15, -0.1) is 0 Å². The number of carbonyl (C=O) groups is 1. The molecule has 2 N–H and O–H groups in total. The maximum Gasteiger partial charge on any atom is 0.262 e. The number of hydrazine groups is 1. The minimum absolute atomic E-state index is 0.0152. The first-order valence-electron chi connectivity index (χ1n) is 4.74. The Kier molecular flexibility index (Phi) is 4.27.